The molecule has 7 heteroatoms. The number of nitrogens with one attached hydrogen (secondary N) is 1. The van der Waals surface area contributed by atoms with E-state index in [0.29, 0.717) is 10.4 Å². The number of amides is 1. The normalized spacial score (nSPS) is 11.8. The fourth-order valence-corrected chi connectivity index (χ4v) is 2.72. The second-order valence-electron chi connectivity index (χ2n) is 5.44. The highest BCUT2D eigenvalue weighted by atomic mass is 32.1. The SMILES string of the molecule is Cc1cnc(NC(=O)c2cnc(C(C)C)s2)cc1C(C)(F)F. The molecule has 0 unspecified atom stereocenters. The molecule has 118 valence electrons. The van der Waals surface area contributed by atoms with E-state index < -0.39 is 11.8 Å². The summed E-state index contributed by atoms with van der Waals surface area (Å²) in [6, 6.07) is 1.21. The summed E-state index contributed by atoms with van der Waals surface area (Å²) in [5, 5.41) is 3.39. The minimum atomic E-state index is -2.98. The van der Waals surface area contributed by atoms with Gasteiger partial charge < -0.3 is 5.32 Å². The van der Waals surface area contributed by atoms with Gasteiger partial charge in [-0.3, -0.25) is 4.79 Å². The molecular weight excluding hydrogens is 308 g/mol. The fourth-order valence-electron chi connectivity index (χ4n) is 1.90. The molecule has 2 heterocycles. The van der Waals surface area contributed by atoms with Crippen LogP contribution in [0.1, 0.15) is 52.5 Å². The van der Waals surface area contributed by atoms with Gasteiger partial charge in [0.25, 0.3) is 11.8 Å². The Morgan fingerprint density at radius 2 is 2.00 bits per heavy atom. The van der Waals surface area contributed by atoms with Gasteiger partial charge in [-0.25, -0.2) is 18.7 Å². The number of halogens is 2. The summed E-state index contributed by atoms with van der Waals surface area (Å²) in [7, 11) is 0. The van der Waals surface area contributed by atoms with Crippen LogP contribution in [0, 0.1) is 6.92 Å². The summed E-state index contributed by atoms with van der Waals surface area (Å²) < 4.78 is 27.0. The van der Waals surface area contributed by atoms with Crippen molar-refractivity contribution in [2.75, 3.05) is 5.32 Å². The molecule has 0 aliphatic heterocycles. The highest BCUT2D eigenvalue weighted by molar-refractivity contribution is 7.13. The van der Waals surface area contributed by atoms with E-state index in [2.05, 4.69) is 15.3 Å². The smallest absolute Gasteiger partial charge is 0.270 e. The number of anilines is 1. The van der Waals surface area contributed by atoms with Crippen LogP contribution in [-0.4, -0.2) is 15.9 Å². The number of aryl methyl sites for hydroxylation is 1. The molecule has 1 amide bonds. The number of carbonyl (C=O) groups is 1. The number of thiazole rings is 1. The van der Waals surface area contributed by atoms with Crippen molar-refractivity contribution < 1.29 is 13.6 Å². The first-order valence-electron chi connectivity index (χ1n) is 6.80. The average molecular weight is 325 g/mol. The quantitative estimate of drug-likeness (QED) is 0.910. The van der Waals surface area contributed by atoms with Gasteiger partial charge in [0.2, 0.25) is 0 Å². The zero-order valence-corrected chi connectivity index (χ0v) is 13.6. The van der Waals surface area contributed by atoms with Gasteiger partial charge in [-0.15, -0.1) is 11.3 Å². The van der Waals surface area contributed by atoms with Gasteiger partial charge in [0.15, 0.2) is 0 Å². The maximum absolute atomic E-state index is 13.5. The predicted molar refractivity (Wildman–Crippen MR) is 82.7 cm³/mol. The zero-order chi connectivity index (χ0) is 16.5. The molecule has 0 saturated carbocycles. The summed E-state index contributed by atoms with van der Waals surface area (Å²) in [6.07, 6.45) is 2.81. The Hall–Kier alpha value is -1.89. The van der Waals surface area contributed by atoms with Crippen LogP contribution in [0.25, 0.3) is 0 Å². The van der Waals surface area contributed by atoms with Gasteiger partial charge in [0.05, 0.1) is 11.2 Å². The summed E-state index contributed by atoms with van der Waals surface area (Å²) in [4.78, 5) is 20.7. The number of pyridine rings is 1. The summed E-state index contributed by atoms with van der Waals surface area (Å²) >= 11 is 1.28. The van der Waals surface area contributed by atoms with Crippen LogP contribution >= 0.6 is 11.3 Å². The average Bonchev–Trinajstić information content (AvgIpc) is 2.89. The molecule has 0 fully saturated rings. The van der Waals surface area contributed by atoms with E-state index in [4.69, 9.17) is 0 Å². The Morgan fingerprint density at radius 1 is 1.32 bits per heavy atom. The molecule has 0 spiro atoms. The lowest BCUT2D eigenvalue weighted by molar-refractivity contribution is 0.0168. The molecule has 1 N–H and O–H groups in total. The van der Waals surface area contributed by atoms with Gasteiger partial charge in [0, 0.05) is 24.6 Å². The van der Waals surface area contributed by atoms with E-state index in [1.54, 1.807) is 6.92 Å². The van der Waals surface area contributed by atoms with Crippen molar-refractivity contribution in [2.24, 2.45) is 0 Å². The summed E-state index contributed by atoms with van der Waals surface area (Å²) in [5.41, 5.74) is 0.232. The van der Waals surface area contributed by atoms with Gasteiger partial charge in [-0.1, -0.05) is 13.8 Å². The van der Waals surface area contributed by atoms with Gasteiger partial charge in [0.1, 0.15) is 10.7 Å². The maximum Gasteiger partial charge on any atom is 0.270 e. The molecule has 22 heavy (non-hydrogen) atoms. The zero-order valence-electron chi connectivity index (χ0n) is 12.8. The summed E-state index contributed by atoms with van der Waals surface area (Å²) in [5.74, 6) is -3.05. The van der Waals surface area contributed by atoms with Crippen LogP contribution in [0.5, 0.6) is 0 Å². The fraction of sp³-hybridized carbons (Fsp3) is 0.400. The first-order chi connectivity index (χ1) is 10.2. The minimum absolute atomic E-state index is 0.103. The predicted octanol–water partition coefficient (Wildman–Crippen LogP) is 4.33. The molecule has 0 bridgehead atoms. The van der Waals surface area contributed by atoms with E-state index in [1.807, 2.05) is 13.8 Å². The highest BCUT2D eigenvalue weighted by Crippen LogP contribution is 2.31. The Bertz CT molecular complexity index is 692. The second kappa shape index (κ2) is 6.08. The number of hydrogen-bond donors (Lipinski definition) is 1. The van der Waals surface area contributed by atoms with Crippen molar-refractivity contribution in [1.29, 1.82) is 0 Å². The van der Waals surface area contributed by atoms with E-state index >= 15 is 0 Å². The molecule has 2 aromatic rings. The van der Waals surface area contributed by atoms with Crippen LogP contribution in [-0.2, 0) is 5.92 Å². The van der Waals surface area contributed by atoms with Gasteiger partial charge in [-0.2, -0.15) is 0 Å². The molecule has 0 atom stereocenters. The number of hydrogen-bond acceptors (Lipinski definition) is 4. The third-order valence-corrected chi connectivity index (χ3v) is 4.36. The highest BCUT2D eigenvalue weighted by Gasteiger charge is 2.27. The van der Waals surface area contributed by atoms with E-state index in [1.165, 1.54) is 29.8 Å². The van der Waals surface area contributed by atoms with Crippen LogP contribution < -0.4 is 5.32 Å². The van der Waals surface area contributed by atoms with Crippen LogP contribution in [0.4, 0.5) is 14.6 Å². The lowest BCUT2D eigenvalue weighted by atomic mass is 10.1. The number of carbonyl (C=O) groups excluding carboxylic acids is 1. The molecule has 0 aliphatic carbocycles. The molecule has 0 saturated heterocycles. The van der Waals surface area contributed by atoms with Crippen molar-refractivity contribution in [1.82, 2.24) is 9.97 Å². The first kappa shape index (κ1) is 16.5. The number of alkyl halides is 2. The first-order valence-corrected chi connectivity index (χ1v) is 7.62. The van der Waals surface area contributed by atoms with Crippen molar-refractivity contribution in [3.63, 3.8) is 0 Å². The molecule has 2 aromatic heterocycles. The van der Waals surface area contributed by atoms with Crippen LogP contribution in [0.3, 0.4) is 0 Å². The standard InChI is InChI=1S/C15H17F2N3OS/c1-8(2)14-19-7-11(22-14)13(21)20-12-5-10(15(4,16)17)9(3)6-18-12/h5-8H,1-4H3,(H,18,20,21). The largest absolute Gasteiger partial charge is 0.306 e. The number of rotatable bonds is 4. The van der Waals surface area contributed by atoms with Crippen molar-refractivity contribution in [3.8, 4) is 0 Å². The molecule has 0 radical (unpaired) electrons. The Labute approximate surface area is 131 Å². The lowest BCUT2D eigenvalue weighted by Crippen LogP contribution is -2.15. The topological polar surface area (TPSA) is 54.9 Å². The Balaban J connectivity index is 2.21. The van der Waals surface area contributed by atoms with Crippen molar-refractivity contribution in [3.05, 3.63) is 39.5 Å². The van der Waals surface area contributed by atoms with E-state index in [0.717, 1.165) is 11.9 Å². The Kier molecular flexibility index (Phi) is 4.55. The molecule has 4 nitrogen and oxygen atoms in total. The number of nitrogens with zero attached hydrogens (tertiary/aromatic N) is 2. The van der Waals surface area contributed by atoms with Crippen LogP contribution in [0.2, 0.25) is 0 Å². The third-order valence-electron chi connectivity index (χ3n) is 3.06. The number of aromatic nitrogens is 2. The van der Waals surface area contributed by atoms with Crippen molar-refractivity contribution in [2.45, 2.75) is 39.5 Å². The second-order valence-corrected chi connectivity index (χ2v) is 6.51. The maximum atomic E-state index is 13.5. The molecule has 0 aromatic carbocycles. The minimum Gasteiger partial charge on any atom is -0.306 e. The van der Waals surface area contributed by atoms with Crippen molar-refractivity contribution >= 4 is 23.1 Å². The third kappa shape index (κ3) is 3.65. The summed E-state index contributed by atoms with van der Waals surface area (Å²) in [6.45, 7) is 6.35. The Morgan fingerprint density at radius 3 is 2.55 bits per heavy atom. The molecular formula is C15H17F2N3OS. The van der Waals surface area contributed by atoms with Crippen LogP contribution in [0.15, 0.2) is 18.5 Å². The lowest BCUT2D eigenvalue weighted by Gasteiger charge is -2.14. The van der Waals surface area contributed by atoms with Gasteiger partial charge in [-0.05, 0) is 18.6 Å². The van der Waals surface area contributed by atoms with E-state index in [9.17, 15) is 13.6 Å². The monoisotopic (exact) mass is 325 g/mol. The van der Waals surface area contributed by atoms with Gasteiger partial charge >= 0.3 is 0 Å². The molecule has 0 aliphatic rings. The molecule has 2 rings (SSSR count). The van der Waals surface area contributed by atoms with E-state index in [-0.39, 0.29) is 17.3 Å².